The average molecular weight is 129 g/mol. The van der Waals surface area contributed by atoms with E-state index in [2.05, 4.69) is 0 Å². The summed E-state index contributed by atoms with van der Waals surface area (Å²) >= 11 is 1.28. The quantitative estimate of drug-likeness (QED) is 0.514. The third-order valence-electron chi connectivity index (χ3n) is 0.236. The molecule has 0 aliphatic heterocycles. The Hall–Kier alpha value is 0.560. The van der Waals surface area contributed by atoms with Gasteiger partial charge in [0.25, 0.3) is 0 Å². The lowest BCUT2D eigenvalue weighted by Gasteiger charge is -1.80. The van der Waals surface area contributed by atoms with Crippen molar-refractivity contribution in [3.63, 3.8) is 0 Å². The molecule has 40 valence electrons. The average Bonchev–Trinajstić information content (AvgIpc) is 1.41. The molecule has 0 bridgehead atoms. The molecular formula is C2H9ClN2S. The molecule has 0 fully saturated rings. The molecule has 0 saturated heterocycles. The Morgan fingerprint density at radius 1 is 1.50 bits per heavy atom. The minimum absolute atomic E-state index is 0. The van der Waals surface area contributed by atoms with Crippen LogP contribution < -0.4 is 10.9 Å². The molecule has 0 saturated carbocycles. The molecule has 0 aromatic carbocycles. The van der Waals surface area contributed by atoms with Gasteiger partial charge in [-0.05, 0) is 0 Å². The lowest BCUT2D eigenvalue weighted by Crippen LogP contribution is -2.02. The van der Waals surface area contributed by atoms with E-state index in [9.17, 15) is 0 Å². The van der Waals surface area contributed by atoms with Gasteiger partial charge in [0.05, 0.1) is 0 Å². The van der Waals surface area contributed by atoms with Gasteiger partial charge in [0.2, 0.25) is 0 Å². The molecule has 0 rings (SSSR count). The zero-order valence-corrected chi connectivity index (χ0v) is 5.02. The molecule has 2 nitrogen and oxygen atoms in total. The largest absolute Gasteiger partial charge is 0.330 e. The molecule has 4 N–H and O–H groups in total. The van der Waals surface area contributed by atoms with Crippen molar-refractivity contribution in [2.75, 3.05) is 12.3 Å². The fourth-order valence-corrected chi connectivity index (χ4v) is 0.204. The van der Waals surface area contributed by atoms with Crippen LogP contribution in [0, 0.1) is 0 Å². The van der Waals surface area contributed by atoms with Crippen molar-refractivity contribution in [1.82, 2.24) is 0 Å². The molecule has 0 heterocycles. The maximum absolute atomic E-state index is 5.04. The van der Waals surface area contributed by atoms with Gasteiger partial charge in [-0.25, -0.2) is 0 Å². The van der Waals surface area contributed by atoms with Crippen LogP contribution in [0.3, 0.4) is 0 Å². The van der Waals surface area contributed by atoms with E-state index in [4.69, 9.17) is 10.9 Å². The molecule has 0 atom stereocenters. The molecule has 4 heteroatoms. The predicted molar refractivity (Wildman–Crippen MR) is 32.9 cm³/mol. The SMILES string of the molecule is Cl.NCCSN. The summed E-state index contributed by atoms with van der Waals surface area (Å²) in [5, 5.41) is 4.98. The van der Waals surface area contributed by atoms with Gasteiger partial charge in [0.15, 0.2) is 0 Å². The topological polar surface area (TPSA) is 52.0 Å². The summed E-state index contributed by atoms with van der Waals surface area (Å²) in [5.74, 6) is 0.861. The minimum atomic E-state index is 0. The standard InChI is InChI=1S/C2H8N2S.ClH/c3-1-2-5-4;/h1-4H2;1H. The molecule has 0 aliphatic carbocycles. The highest BCUT2D eigenvalue weighted by atomic mass is 35.5. The van der Waals surface area contributed by atoms with E-state index in [0.717, 1.165) is 5.75 Å². The molecule has 6 heavy (non-hydrogen) atoms. The van der Waals surface area contributed by atoms with Crippen LogP contribution in [0.15, 0.2) is 0 Å². The lowest BCUT2D eigenvalue weighted by atomic mass is 10.8. The Morgan fingerprint density at radius 3 is 2.00 bits per heavy atom. The molecule has 0 aromatic heterocycles. The van der Waals surface area contributed by atoms with Crippen molar-refractivity contribution in [3.8, 4) is 0 Å². The second-order valence-corrected chi connectivity index (χ2v) is 1.40. The Kier molecular flexibility index (Phi) is 14.8. The van der Waals surface area contributed by atoms with Crippen molar-refractivity contribution in [2.24, 2.45) is 10.9 Å². The fourth-order valence-electron chi connectivity index (χ4n) is 0.0680. The lowest BCUT2D eigenvalue weighted by molar-refractivity contribution is 1.15. The molecule has 0 unspecified atom stereocenters. The number of nitrogens with two attached hydrogens (primary N) is 2. The van der Waals surface area contributed by atoms with Crippen molar-refractivity contribution < 1.29 is 0 Å². The Balaban J connectivity index is 0. The van der Waals surface area contributed by atoms with E-state index in [0.29, 0.717) is 6.54 Å². The van der Waals surface area contributed by atoms with Crippen LogP contribution in [0.1, 0.15) is 0 Å². The number of hydrogen-bond donors (Lipinski definition) is 2. The Labute approximate surface area is 48.2 Å². The Morgan fingerprint density at radius 2 is 2.00 bits per heavy atom. The number of halogens is 1. The molecule has 0 aliphatic rings. The van der Waals surface area contributed by atoms with Gasteiger partial charge in [0, 0.05) is 12.3 Å². The summed E-state index contributed by atoms with van der Waals surface area (Å²) in [6, 6.07) is 0. The fraction of sp³-hybridized carbons (Fsp3) is 1.00. The summed E-state index contributed by atoms with van der Waals surface area (Å²) in [7, 11) is 0. The van der Waals surface area contributed by atoms with Crippen LogP contribution in [-0.2, 0) is 0 Å². The van der Waals surface area contributed by atoms with E-state index < -0.39 is 0 Å². The monoisotopic (exact) mass is 128 g/mol. The first kappa shape index (κ1) is 9.75. The van der Waals surface area contributed by atoms with Gasteiger partial charge in [-0.1, -0.05) is 11.9 Å². The normalized spacial score (nSPS) is 7.00. The summed E-state index contributed by atoms with van der Waals surface area (Å²) in [5.41, 5.74) is 5.04. The van der Waals surface area contributed by atoms with Gasteiger partial charge < -0.3 is 5.73 Å². The van der Waals surface area contributed by atoms with Gasteiger partial charge in [-0.15, -0.1) is 12.4 Å². The first-order valence-electron chi connectivity index (χ1n) is 1.43. The zero-order valence-electron chi connectivity index (χ0n) is 3.39. The van der Waals surface area contributed by atoms with Crippen molar-refractivity contribution in [3.05, 3.63) is 0 Å². The summed E-state index contributed by atoms with van der Waals surface area (Å²) in [6.45, 7) is 0.682. The van der Waals surface area contributed by atoms with Gasteiger partial charge >= 0.3 is 0 Å². The molecular weight excluding hydrogens is 120 g/mol. The summed E-state index contributed by atoms with van der Waals surface area (Å²) < 4.78 is 0. The van der Waals surface area contributed by atoms with Crippen molar-refractivity contribution in [1.29, 1.82) is 0 Å². The maximum Gasteiger partial charge on any atom is 0.0200 e. The van der Waals surface area contributed by atoms with Crippen LogP contribution in [0.4, 0.5) is 0 Å². The first-order chi connectivity index (χ1) is 2.41. The minimum Gasteiger partial charge on any atom is -0.330 e. The van der Waals surface area contributed by atoms with Crippen LogP contribution in [0.2, 0.25) is 0 Å². The molecule has 0 spiro atoms. The van der Waals surface area contributed by atoms with Gasteiger partial charge in [-0.2, -0.15) is 0 Å². The van der Waals surface area contributed by atoms with Crippen LogP contribution >= 0.6 is 24.4 Å². The number of rotatable bonds is 2. The maximum atomic E-state index is 5.04. The Bertz CT molecular complexity index is 19.0. The van der Waals surface area contributed by atoms with E-state index in [-0.39, 0.29) is 12.4 Å². The van der Waals surface area contributed by atoms with Gasteiger partial charge in [-0.3, -0.25) is 5.14 Å². The third kappa shape index (κ3) is 8.82. The first-order valence-corrected chi connectivity index (χ1v) is 2.48. The van der Waals surface area contributed by atoms with Crippen LogP contribution in [0.5, 0.6) is 0 Å². The van der Waals surface area contributed by atoms with E-state index in [1.165, 1.54) is 11.9 Å². The molecule has 0 radical (unpaired) electrons. The van der Waals surface area contributed by atoms with E-state index >= 15 is 0 Å². The van der Waals surface area contributed by atoms with E-state index in [1.54, 1.807) is 0 Å². The van der Waals surface area contributed by atoms with Crippen LogP contribution in [0.25, 0.3) is 0 Å². The van der Waals surface area contributed by atoms with E-state index in [1.807, 2.05) is 0 Å². The van der Waals surface area contributed by atoms with Crippen molar-refractivity contribution >= 4 is 24.4 Å². The van der Waals surface area contributed by atoms with Crippen LogP contribution in [-0.4, -0.2) is 12.3 Å². The predicted octanol–water partition coefficient (Wildman–Crippen LogP) is -0.0262. The molecule has 0 aromatic rings. The zero-order chi connectivity index (χ0) is 4.12. The smallest absolute Gasteiger partial charge is 0.0200 e. The highest BCUT2D eigenvalue weighted by Gasteiger charge is 1.68. The number of hydrogen-bond acceptors (Lipinski definition) is 3. The highest BCUT2D eigenvalue weighted by Crippen LogP contribution is 1.76. The third-order valence-corrected chi connectivity index (χ3v) is 0.707. The van der Waals surface area contributed by atoms with Crippen molar-refractivity contribution in [2.45, 2.75) is 0 Å². The second kappa shape index (κ2) is 9.12. The summed E-state index contributed by atoms with van der Waals surface area (Å²) in [4.78, 5) is 0. The van der Waals surface area contributed by atoms with Gasteiger partial charge in [0.1, 0.15) is 0 Å². The second-order valence-electron chi connectivity index (χ2n) is 0.659. The highest BCUT2D eigenvalue weighted by molar-refractivity contribution is 7.97. The molecule has 0 amide bonds. The summed E-state index contributed by atoms with van der Waals surface area (Å²) in [6.07, 6.45) is 0.